The van der Waals surface area contributed by atoms with E-state index < -0.39 is 8.07 Å². The van der Waals surface area contributed by atoms with Gasteiger partial charge in [-0.05, 0) is 75.6 Å². The molecule has 2 saturated heterocycles. The molecule has 3 rings (SSSR count). The Bertz CT molecular complexity index is 693. The summed E-state index contributed by atoms with van der Waals surface area (Å²) in [6.45, 7) is 15.4. The zero-order valence-electron chi connectivity index (χ0n) is 21.4. The van der Waals surface area contributed by atoms with E-state index in [1.54, 1.807) is 0 Å². The highest BCUT2D eigenvalue weighted by Gasteiger charge is 2.29. The summed E-state index contributed by atoms with van der Waals surface area (Å²) in [5, 5.41) is 0. The second kappa shape index (κ2) is 12.9. The van der Waals surface area contributed by atoms with Gasteiger partial charge >= 0.3 is 6.09 Å². The molecule has 0 radical (unpaired) electrons. The first-order chi connectivity index (χ1) is 15.8. The van der Waals surface area contributed by atoms with Gasteiger partial charge in [0.25, 0.3) is 0 Å². The van der Waals surface area contributed by atoms with Crippen molar-refractivity contribution in [2.75, 3.05) is 39.4 Å². The Morgan fingerprint density at radius 2 is 1.61 bits per heavy atom. The molecule has 2 aliphatic rings. The lowest BCUT2D eigenvalue weighted by atomic mass is 9.82. The van der Waals surface area contributed by atoms with Crippen LogP contribution in [0.1, 0.15) is 44.6 Å². The van der Waals surface area contributed by atoms with E-state index >= 15 is 0 Å². The Morgan fingerprint density at radius 3 is 2.21 bits per heavy atom. The van der Waals surface area contributed by atoms with Crippen LogP contribution in [0.3, 0.4) is 0 Å². The average molecular weight is 475 g/mol. The SMILES string of the molecule is C[C@@H](COCc1ccccc1)N1CCC(CC2CCN(C(=O)OCC[Si](C)(C)C)CC2)CC1. The number of likely N-dealkylation sites (tertiary alicyclic amines) is 2. The Morgan fingerprint density at radius 1 is 1.00 bits per heavy atom. The number of carbonyl (C=O) groups is 1. The van der Waals surface area contributed by atoms with Gasteiger partial charge in [0.15, 0.2) is 0 Å². The molecule has 186 valence electrons. The fourth-order valence-corrected chi connectivity index (χ4v) is 5.73. The Labute approximate surface area is 202 Å². The zero-order valence-corrected chi connectivity index (χ0v) is 22.4. The van der Waals surface area contributed by atoms with Crippen molar-refractivity contribution in [1.29, 1.82) is 0 Å². The summed E-state index contributed by atoms with van der Waals surface area (Å²) in [6, 6.07) is 12.0. The summed E-state index contributed by atoms with van der Waals surface area (Å²) in [5.74, 6) is 1.60. The number of benzene rings is 1. The van der Waals surface area contributed by atoms with Crippen LogP contribution in [0.25, 0.3) is 0 Å². The van der Waals surface area contributed by atoms with E-state index in [-0.39, 0.29) is 6.09 Å². The third-order valence-electron chi connectivity index (χ3n) is 7.36. The smallest absolute Gasteiger partial charge is 0.409 e. The highest BCUT2D eigenvalue weighted by atomic mass is 28.3. The van der Waals surface area contributed by atoms with E-state index in [1.165, 1.54) is 37.9 Å². The maximum Gasteiger partial charge on any atom is 0.409 e. The lowest BCUT2D eigenvalue weighted by Gasteiger charge is -2.38. The van der Waals surface area contributed by atoms with Crippen molar-refractivity contribution in [3.8, 4) is 0 Å². The summed E-state index contributed by atoms with van der Waals surface area (Å²) < 4.78 is 11.5. The van der Waals surface area contributed by atoms with Gasteiger partial charge in [0, 0.05) is 27.2 Å². The van der Waals surface area contributed by atoms with Gasteiger partial charge in [0.05, 0.1) is 19.8 Å². The van der Waals surface area contributed by atoms with Crippen molar-refractivity contribution in [2.45, 2.75) is 77.4 Å². The summed E-state index contributed by atoms with van der Waals surface area (Å²) >= 11 is 0. The highest BCUT2D eigenvalue weighted by Crippen LogP contribution is 2.30. The fourth-order valence-electron chi connectivity index (χ4n) is 5.01. The number of carbonyl (C=O) groups excluding carboxylic acids is 1. The number of piperidine rings is 2. The summed E-state index contributed by atoms with van der Waals surface area (Å²) in [4.78, 5) is 16.9. The molecule has 0 aliphatic carbocycles. The molecule has 2 heterocycles. The number of ether oxygens (including phenoxy) is 2. The van der Waals surface area contributed by atoms with Crippen molar-refractivity contribution in [1.82, 2.24) is 9.80 Å². The van der Waals surface area contributed by atoms with E-state index in [0.717, 1.165) is 50.4 Å². The minimum atomic E-state index is -1.15. The van der Waals surface area contributed by atoms with Crippen molar-refractivity contribution >= 4 is 14.2 Å². The zero-order chi connectivity index (χ0) is 23.7. The molecule has 1 aromatic carbocycles. The maximum atomic E-state index is 12.3. The van der Waals surface area contributed by atoms with Crippen molar-refractivity contribution < 1.29 is 14.3 Å². The first kappa shape index (κ1) is 26.2. The number of amides is 1. The number of nitrogens with zero attached hydrogens (tertiary/aromatic N) is 2. The molecule has 0 unspecified atom stereocenters. The van der Waals surface area contributed by atoms with E-state index in [9.17, 15) is 4.79 Å². The molecule has 0 spiro atoms. The quantitative estimate of drug-likeness (QED) is 0.397. The van der Waals surface area contributed by atoms with Crippen molar-refractivity contribution in [3.05, 3.63) is 35.9 Å². The Balaban J connectivity index is 1.27. The third kappa shape index (κ3) is 9.42. The lowest BCUT2D eigenvalue weighted by molar-refractivity contribution is 0.0377. The molecular weight excluding hydrogens is 428 g/mol. The van der Waals surface area contributed by atoms with Gasteiger partial charge in [-0.15, -0.1) is 0 Å². The normalized spacial score (nSPS) is 20.1. The van der Waals surface area contributed by atoms with Gasteiger partial charge in [0.2, 0.25) is 0 Å². The molecular formula is C27H46N2O3Si. The van der Waals surface area contributed by atoms with E-state index in [1.807, 2.05) is 11.0 Å². The van der Waals surface area contributed by atoms with Gasteiger partial charge in [-0.2, -0.15) is 0 Å². The Hall–Kier alpha value is -1.37. The molecule has 0 aromatic heterocycles. The topological polar surface area (TPSA) is 42.0 Å². The van der Waals surface area contributed by atoms with Gasteiger partial charge in [-0.25, -0.2) is 4.79 Å². The number of hydrogen-bond acceptors (Lipinski definition) is 4. The molecule has 5 nitrogen and oxygen atoms in total. The summed E-state index contributed by atoms with van der Waals surface area (Å²) in [5.41, 5.74) is 1.24. The summed E-state index contributed by atoms with van der Waals surface area (Å²) in [6.07, 6.45) is 6.08. The number of hydrogen-bond donors (Lipinski definition) is 0. The van der Waals surface area contributed by atoms with Crippen LogP contribution in [0.4, 0.5) is 4.79 Å². The largest absolute Gasteiger partial charge is 0.450 e. The molecule has 0 bridgehead atoms. The van der Waals surface area contributed by atoms with Gasteiger partial charge < -0.3 is 14.4 Å². The Kier molecular flexibility index (Phi) is 10.3. The first-order valence-corrected chi connectivity index (χ1v) is 16.8. The molecule has 0 N–H and O–H groups in total. The van der Waals surface area contributed by atoms with E-state index in [0.29, 0.717) is 19.3 Å². The second-order valence-electron chi connectivity index (χ2n) is 11.4. The molecule has 2 fully saturated rings. The monoisotopic (exact) mass is 474 g/mol. The maximum absolute atomic E-state index is 12.3. The van der Waals surface area contributed by atoms with Crippen molar-refractivity contribution in [3.63, 3.8) is 0 Å². The molecule has 0 saturated carbocycles. The highest BCUT2D eigenvalue weighted by molar-refractivity contribution is 6.76. The predicted molar refractivity (Wildman–Crippen MR) is 138 cm³/mol. The lowest BCUT2D eigenvalue weighted by Crippen LogP contribution is -2.43. The number of rotatable bonds is 10. The molecule has 1 atom stereocenters. The minimum absolute atomic E-state index is 0.0940. The van der Waals surface area contributed by atoms with Crippen LogP contribution in [-0.2, 0) is 16.1 Å². The average Bonchev–Trinajstić information content (AvgIpc) is 2.80. The van der Waals surface area contributed by atoms with Crippen LogP contribution in [0.5, 0.6) is 0 Å². The van der Waals surface area contributed by atoms with Crippen molar-refractivity contribution in [2.24, 2.45) is 11.8 Å². The third-order valence-corrected chi connectivity index (χ3v) is 9.06. The van der Waals surface area contributed by atoms with E-state index in [2.05, 4.69) is 55.7 Å². The minimum Gasteiger partial charge on any atom is -0.450 e. The van der Waals surface area contributed by atoms with Crippen LogP contribution in [0.15, 0.2) is 30.3 Å². The molecule has 6 heteroatoms. The van der Waals surface area contributed by atoms with Crippen LogP contribution in [0.2, 0.25) is 25.7 Å². The molecule has 1 aromatic rings. The van der Waals surface area contributed by atoms with Crippen LogP contribution in [0, 0.1) is 11.8 Å². The predicted octanol–water partition coefficient (Wildman–Crippen LogP) is 5.88. The van der Waals surface area contributed by atoms with Gasteiger partial charge in [-0.3, -0.25) is 4.90 Å². The molecule has 2 aliphatic heterocycles. The molecule has 1 amide bonds. The second-order valence-corrected chi connectivity index (χ2v) is 17.0. The standard InChI is InChI=1S/C27H46N2O3Si/c1-23(21-31-22-26-8-6-5-7-9-26)28-14-10-24(11-15-28)20-25-12-16-29(17-13-25)27(30)32-18-19-33(2,3)4/h5-9,23-25H,10-22H2,1-4H3/t23-/m0/s1. The van der Waals surface area contributed by atoms with Gasteiger partial charge in [0.1, 0.15) is 0 Å². The first-order valence-electron chi connectivity index (χ1n) is 13.1. The van der Waals surface area contributed by atoms with Gasteiger partial charge in [-0.1, -0.05) is 50.0 Å². The fraction of sp³-hybridized carbons (Fsp3) is 0.741. The van der Waals surface area contributed by atoms with Crippen LogP contribution in [-0.4, -0.2) is 69.4 Å². The van der Waals surface area contributed by atoms with Crippen LogP contribution >= 0.6 is 0 Å². The van der Waals surface area contributed by atoms with Crippen LogP contribution < -0.4 is 0 Å². The van der Waals surface area contributed by atoms with E-state index in [4.69, 9.17) is 9.47 Å². The summed E-state index contributed by atoms with van der Waals surface area (Å²) in [7, 11) is -1.15. The molecule has 33 heavy (non-hydrogen) atoms.